The number of benzene rings is 1. The van der Waals surface area contributed by atoms with Crippen LogP contribution in [0.2, 0.25) is 5.02 Å². The number of nitrogens with one attached hydrogen (secondary N) is 1. The Labute approximate surface area is 171 Å². The van der Waals surface area contributed by atoms with Crippen LogP contribution in [0.1, 0.15) is 33.2 Å². The Morgan fingerprint density at radius 3 is 2.71 bits per heavy atom. The molecule has 1 aromatic carbocycles. The number of carbonyl (C=O) groups is 1. The standard InChI is InChI=1S/C19H20ClN5O2S/c1-19(2,3)23-15(26)8-13-10-28-18-22-16-14(17(27)24(13)18)9-21-25(16)12-6-4-11(20)5-7-12/h4-7,9,13H,8,10H2,1-3H3,(H,23,26). The molecular weight excluding hydrogens is 398 g/mol. The third-order valence-electron chi connectivity index (χ3n) is 4.38. The molecule has 0 bridgehead atoms. The van der Waals surface area contributed by atoms with Crippen LogP contribution >= 0.6 is 23.4 Å². The van der Waals surface area contributed by atoms with Crippen LogP contribution in [0, 0.1) is 0 Å². The van der Waals surface area contributed by atoms with E-state index in [0.717, 1.165) is 5.69 Å². The van der Waals surface area contributed by atoms with Gasteiger partial charge in [0.25, 0.3) is 5.56 Å². The summed E-state index contributed by atoms with van der Waals surface area (Å²) in [6, 6.07) is 6.97. The van der Waals surface area contributed by atoms with Crippen LogP contribution in [0.25, 0.3) is 16.7 Å². The van der Waals surface area contributed by atoms with E-state index in [1.807, 2.05) is 32.9 Å². The number of amides is 1. The number of rotatable bonds is 3. The summed E-state index contributed by atoms with van der Waals surface area (Å²) < 4.78 is 3.26. The number of halogens is 1. The third kappa shape index (κ3) is 3.54. The van der Waals surface area contributed by atoms with Crippen molar-refractivity contribution in [1.29, 1.82) is 0 Å². The molecule has 1 aliphatic heterocycles. The quantitative estimate of drug-likeness (QED) is 0.662. The molecule has 2 aromatic heterocycles. The summed E-state index contributed by atoms with van der Waals surface area (Å²) in [6.07, 6.45) is 1.78. The fourth-order valence-electron chi connectivity index (χ4n) is 3.24. The SMILES string of the molecule is CC(C)(C)NC(=O)CC1CSc2nc3c(cnn3-c3ccc(Cl)cc3)c(=O)n21. The first-order chi connectivity index (χ1) is 13.2. The maximum absolute atomic E-state index is 13.1. The van der Waals surface area contributed by atoms with E-state index >= 15 is 0 Å². The predicted octanol–water partition coefficient (Wildman–Crippen LogP) is 3.19. The smallest absolute Gasteiger partial charge is 0.265 e. The number of nitrogens with zero attached hydrogens (tertiary/aromatic N) is 4. The Hall–Kier alpha value is -2.32. The molecule has 0 radical (unpaired) electrons. The van der Waals surface area contributed by atoms with Crippen LogP contribution in [-0.2, 0) is 4.79 Å². The summed E-state index contributed by atoms with van der Waals surface area (Å²) in [5.74, 6) is 0.565. The lowest BCUT2D eigenvalue weighted by Gasteiger charge is -2.22. The third-order valence-corrected chi connectivity index (χ3v) is 5.73. The summed E-state index contributed by atoms with van der Waals surface area (Å²) in [4.78, 5) is 30.1. The van der Waals surface area contributed by atoms with Crippen LogP contribution in [0.15, 0.2) is 40.4 Å². The Morgan fingerprint density at radius 2 is 2.04 bits per heavy atom. The molecule has 0 fully saturated rings. The van der Waals surface area contributed by atoms with Crippen LogP contribution < -0.4 is 10.9 Å². The van der Waals surface area contributed by atoms with E-state index in [1.165, 1.54) is 18.0 Å². The van der Waals surface area contributed by atoms with Crippen molar-refractivity contribution < 1.29 is 4.79 Å². The lowest BCUT2D eigenvalue weighted by molar-refractivity contribution is -0.123. The van der Waals surface area contributed by atoms with Gasteiger partial charge in [-0.3, -0.25) is 14.2 Å². The molecule has 0 spiro atoms. The van der Waals surface area contributed by atoms with Gasteiger partial charge in [0.15, 0.2) is 10.8 Å². The van der Waals surface area contributed by atoms with Gasteiger partial charge in [-0.2, -0.15) is 5.10 Å². The normalized spacial score (nSPS) is 16.4. The predicted molar refractivity (Wildman–Crippen MR) is 110 cm³/mol. The first-order valence-corrected chi connectivity index (χ1v) is 10.3. The Morgan fingerprint density at radius 1 is 1.32 bits per heavy atom. The van der Waals surface area contributed by atoms with Gasteiger partial charge in [-0.25, -0.2) is 9.67 Å². The highest BCUT2D eigenvalue weighted by molar-refractivity contribution is 7.99. The van der Waals surface area contributed by atoms with Gasteiger partial charge in [-0.1, -0.05) is 23.4 Å². The monoisotopic (exact) mass is 417 g/mol. The number of fused-ring (bicyclic) bond motifs is 2. The Balaban J connectivity index is 1.71. The van der Waals surface area contributed by atoms with Crippen molar-refractivity contribution in [2.75, 3.05) is 5.75 Å². The van der Waals surface area contributed by atoms with Crippen LogP contribution in [-0.4, -0.2) is 36.5 Å². The van der Waals surface area contributed by atoms with Gasteiger partial charge < -0.3 is 5.32 Å². The zero-order valence-electron chi connectivity index (χ0n) is 15.8. The van der Waals surface area contributed by atoms with Crippen molar-refractivity contribution in [2.45, 2.75) is 43.9 Å². The minimum absolute atomic E-state index is 0.0743. The molecular formula is C19H20ClN5O2S. The largest absolute Gasteiger partial charge is 0.351 e. The first kappa shape index (κ1) is 19.0. The molecule has 1 unspecified atom stereocenters. The molecule has 3 aromatic rings. The average Bonchev–Trinajstić information content (AvgIpc) is 3.19. The lowest BCUT2D eigenvalue weighted by atomic mass is 10.1. The van der Waals surface area contributed by atoms with Crippen molar-refractivity contribution in [2.24, 2.45) is 0 Å². The Kier molecular flexibility index (Phi) is 4.71. The number of aromatic nitrogens is 4. The van der Waals surface area contributed by atoms with E-state index in [-0.39, 0.29) is 29.5 Å². The fourth-order valence-corrected chi connectivity index (χ4v) is 4.49. The molecule has 1 atom stereocenters. The molecule has 1 amide bonds. The molecule has 0 aliphatic carbocycles. The molecule has 0 saturated carbocycles. The van der Waals surface area contributed by atoms with Crippen molar-refractivity contribution in [3.63, 3.8) is 0 Å². The van der Waals surface area contributed by atoms with Crippen LogP contribution in [0.3, 0.4) is 0 Å². The second kappa shape index (κ2) is 6.93. The zero-order chi connectivity index (χ0) is 20.1. The maximum Gasteiger partial charge on any atom is 0.265 e. The summed E-state index contributed by atoms with van der Waals surface area (Å²) in [5.41, 5.74) is 0.809. The van der Waals surface area contributed by atoms with Gasteiger partial charge in [0, 0.05) is 22.7 Å². The zero-order valence-corrected chi connectivity index (χ0v) is 17.3. The highest BCUT2D eigenvalue weighted by Gasteiger charge is 2.30. The van der Waals surface area contributed by atoms with Gasteiger partial charge in [-0.15, -0.1) is 0 Å². The van der Waals surface area contributed by atoms with Gasteiger partial charge in [-0.05, 0) is 45.0 Å². The number of thioether (sulfide) groups is 1. The molecule has 28 heavy (non-hydrogen) atoms. The van der Waals surface area contributed by atoms with E-state index in [4.69, 9.17) is 11.6 Å². The second-order valence-corrected chi connectivity index (χ2v) is 9.23. The minimum atomic E-state index is -0.307. The van der Waals surface area contributed by atoms with E-state index in [9.17, 15) is 9.59 Å². The van der Waals surface area contributed by atoms with E-state index < -0.39 is 0 Å². The molecule has 7 nitrogen and oxygen atoms in total. The van der Waals surface area contributed by atoms with Crippen LogP contribution in [0.4, 0.5) is 0 Å². The molecule has 1 N–H and O–H groups in total. The molecule has 1 aliphatic rings. The van der Waals surface area contributed by atoms with E-state index in [1.54, 1.807) is 21.4 Å². The number of hydrogen-bond acceptors (Lipinski definition) is 5. The summed E-state index contributed by atoms with van der Waals surface area (Å²) in [7, 11) is 0. The first-order valence-electron chi connectivity index (χ1n) is 8.93. The number of hydrogen-bond donors (Lipinski definition) is 1. The molecule has 4 rings (SSSR count). The van der Waals surface area contributed by atoms with E-state index in [0.29, 0.717) is 27.0 Å². The van der Waals surface area contributed by atoms with Crippen molar-refractivity contribution in [3.8, 4) is 5.69 Å². The van der Waals surface area contributed by atoms with Gasteiger partial charge >= 0.3 is 0 Å². The van der Waals surface area contributed by atoms with Gasteiger partial charge in [0.05, 0.1) is 17.9 Å². The highest BCUT2D eigenvalue weighted by Crippen LogP contribution is 2.33. The summed E-state index contributed by atoms with van der Waals surface area (Å²) in [6.45, 7) is 5.81. The molecule has 3 heterocycles. The molecule has 146 valence electrons. The minimum Gasteiger partial charge on any atom is -0.351 e. The van der Waals surface area contributed by atoms with Gasteiger partial charge in [0.1, 0.15) is 5.39 Å². The van der Waals surface area contributed by atoms with Crippen molar-refractivity contribution >= 4 is 40.3 Å². The Bertz CT molecular complexity index is 1110. The number of carbonyl (C=O) groups excluding carboxylic acids is 1. The second-order valence-electron chi connectivity index (χ2n) is 7.81. The van der Waals surface area contributed by atoms with Crippen molar-refractivity contribution in [3.05, 3.63) is 45.8 Å². The summed E-state index contributed by atoms with van der Waals surface area (Å²) >= 11 is 7.44. The van der Waals surface area contributed by atoms with Gasteiger partial charge in [0.2, 0.25) is 5.91 Å². The average molecular weight is 418 g/mol. The maximum atomic E-state index is 13.1. The molecule has 0 saturated heterocycles. The summed E-state index contributed by atoms with van der Waals surface area (Å²) in [5, 5.41) is 8.96. The van der Waals surface area contributed by atoms with Crippen LogP contribution in [0.5, 0.6) is 0 Å². The van der Waals surface area contributed by atoms with E-state index in [2.05, 4.69) is 15.4 Å². The van der Waals surface area contributed by atoms with Crippen molar-refractivity contribution in [1.82, 2.24) is 24.6 Å². The topological polar surface area (TPSA) is 81.8 Å². The molecule has 9 heteroatoms. The lowest BCUT2D eigenvalue weighted by Crippen LogP contribution is -2.42. The fraction of sp³-hybridized carbons (Fsp3) is 0.368. The highest BCUT2D eigenvalue weighted by atomic mass is 35.5.